The maximum Gasteiger partial charge on any atom is 0.352 e. The Balaban J connectivity index is 1.53. The molecule has 2 aromatic heterocycles. The van der Waals surface area contributed by atoms with Crippen LogP contribution in [0, 0.1) is 0 Å². The fourth-order valence-electron chi connectivity index (χ4n) is 3.58. The van der Waals surface area contributed by atoms with Crippen LogP contribution in [-0.2, 0) is 31.1 Å². The Bertz CT molecular complexity index is 1510. The number of β-lactam (4-membered cyclic amide) rings is 1. The van der Waals surface area contributed by atoms with Crippen molar-refractivity contribution in [1.82, 2.24) is 24.6 Å². The number of rotatable bonds is 10. The Morgan fingerprint density at radius 3 is 2.61 bits per heavy atom. The summed E-state index contributed by atoms with van der Waals surface area (Å²) in [6.45, 7) is 2.44. The fourth-order valence-corrected chi connectivity index (χ4v) is 6.50. The number of nitrogens with zero attached hydrogens (tertiary/aromatic N) is 6. The van der Waals surface area contributed by atoms with Gasteiger partial charge in [0.05, 0.1) is 13.1 Å². The van der Waals surface area contributed by atoms with Crippen molar-refractivity contribution in [2.75, 3.05) is 28.7 Å². The molecule has 2 amide bonds. The lowest BCUT2D eigenvalue weighted by atomic mass is 10.0. The maximum absolute atomic E-state index is 13.2. The van der Waals surface area contributed by atoms with Crippen molar-refractivity contribution in [2.24, 2.45) is 12.2 Å². The molecule has 0 bridgehead atoms. The van der Waals surface area contributed by atoms with E-state index < -0.39 is 46.5 Å². The number of carboxylic acids is 2. The lowest BCUT2D eigenvalue weighted by Gasteiger charge is -2.49. The van der Waals surface area contributed by atoms with Gasteiger partial charge in [-0.2, -0.15) is 9.36 Å². The van der Waals surface area contributed by atoms with Crippen molar-refractivity contribution in [2.45, 2.75) is 36.0 Å². The third-order valence-electron chi connectivity index (χ3n) is 5.86. The number of carboxylic acid groups (broad SMARTS) is 2. The zero-order valence-corrected chi connectivity index (χ0v) is 24.2. The highest BCUT2D eigenvalue weighted by atomic mass is 32.2. The van der Waals surface area contributed by atoms with E-state index in [-0.39, 0.29) is 34.0 Å². The van der Waals surface area contributed by atoms with E-state index in [9.17, 15) is 29.4 Å². The molecule has 2 aliphatic rings. The quantitative estimate of drug-likeness (QED) is 0.0443. The third-order valence-corrected chi connectivity index (χ3v) is 8.85. The van der Waals surface area contributed by atoms with E-state index in [0.29, 0.717) is 16.5 Å². The molecule has 0 spiro atoms. The zero-order valence-electron chi connectivity index (χ0n) is 21.7. The number of nitrogens with one attached hydrogen (secondary N) is 1. The van der Waals surface area contributed by atoms with Crippen molar-refractivity contribution in [3.8, 4) is 0 Å². The van der Waals surface area contributed by atoms with Gasteiger partial charge in [0, 0.05) is 23.0 Å². The fraction of sp³-hybridized carbons (Fsp3) is 0.381. The Labute approximate surface area is 244 Å². The number of aliphatic carboxylic acids is 2. The van der Waals surface area contributed by atoms with E-state index in [4.69, 9.17) is 22.0 Å². The number of thioether (sulfide) groups is 2. The molecule has 9 N–H and O–H groups in total. The van der Waals surface area contributed by atoms with Crippen LogP contribution in [-0.4, -0.2) is 87.4 Å². The number of fused-ring (bicyclic) bond motifs is 1. The molecule has 2 atom stereocenters. The van der Waals surface area contributed by atoms with Gasteiger partial charge in [-0.05, 0) is 31.2 Å². The molecule has 2 aliphatic heterocycles. The summed E-state index contributed by atoms with van der Waals surface area (Å²) < 4.78 is 5.52. The summed E-state index contributed by atoms with van der Waals surface area (Å²) in [5.41, 5.74) is 15.3. The van der Waals surface area contributed by atoms with Crippen LogP contribution in [0.2, 0.25) is 0 Å². The second-order valence-corrected chi connectivity index (χ2v) is 12.0. The number of aromatic nitrogens is 4. The van der Waals surface area contributed by atoms with Crippen molar-refractivity contribution in [1.29, 1.82) is 0 Å². The molecule has 2 aromatic rings. The van der Waals surface area contributed by atoms with Gasteiger partial charge < -0.3 is 37.6 Å². The van der Waals surface area contributed by atoms with Crippen LogP contribution in [0.3, 0.4) is 0 Å². The van der Waals surface area contributed by atoms with Gasteiger partial charge in [0.15, 0.2) is 5.13 Å². The number of amides is 2. The summed E-state index contributed by atoms with van der Waals surface area (Å²) in [5.74, 6) is -3.47. The number of oxime groups is 1. The molecule has 1 saturated heterocycles. The molecule has 41 heavy (non-hydrogen) atoms. The second-order valence-electron chi connectivity index (χ2n) is 9.16. The number of nitrogen functional groups attached to an aromatic ring is 3. The molecule has 0 radical (unpaired) electrons. The molecule has 0 aromatic carbocycles. The van der Waals surface area contributed by atoms with Crippen LogP contribution in [0.15, 0.2) is 27.6 Å². The minimum Gasteiger partial charge on any atom is -0.478 e. The van der Waals surface area contributed by atoms with Crippen LogP contribution < -0.4 is 27.1 Å². The van der Waals surface area contributed by atoms with Crippen LogP contribution in [0.5, 0.6) is 0 Å². The first-order valence-corrected chi connectivity index (χ1v) is 14.4. The molecule has 17 nitrogen and oxygen atoms in total. The SMILES string of the molecule is C[n+]1c(N)cc(N)nc1SCC1=C(C(=O)O)N2C(=O)C(NC(=O)/C(=N\OC(C)(C)C(=O)O)c3nsc(N)n3)C2SC1. The number of carbonyl (C=O) groups is 4. The van der Waals surface area contributed by atoms with E-state index in [1.54, 1.807) is 11.6 Å². The summed E-state index contributed by atoms with van der Waals surface area (Å²) in [4.78, 5) is 64.2. The summed E-state index contributed by atoms with van der Waals surface area (Å²) in [7, 11) is 1.69. The van der Waals surface area contributed by atoms with Gasteiger partial charge in [0.25, 0.3) is 11.8 Å². The number of nitrogens with two attached hydrogens (primary N) is 3. The first-order chi connectivity index (χ1) is 19.2. The minimum atomic E-state index is -1.80. The highest BCUT2D eigenvalue weighted by Crippen LogP contribution is 2.41. The smallest absolute Gasteiger partial charge is 0.352 e. The Morgan fingerprint density at radius 2 is 2.00 bits per heavy atom. The van der Waals surface area contributed by atoms with Crippen molar-refractivity contribution in [3.63, 3.8) is 0 Å². The largest absolute Gasteiger partial charge is 0.478 e. The Kier molecular flexibility index (Phi) is 8.27. The molecule has 1 fully saturated rings. The Hall–Kier alpha value is -4.17. The average molecular weight is 626 g/mol. The van der Waals surface area contributed by atoms with Gasteiger partial charge in [0.2, 0.25) is 28.8 Å². The van der Waals surface area contributed by atoms with Crippen LogP contribution in [0.25, 0.3) is 0 Å². The van der Waals surface area contributed by atoms with Gasteiger partial charge in [-0.15, -0.1) is 11.8 Å². The van der Waals surface area contributed by atoms with Gasteiger partial charge in [-0.25, -0.2) is 14.2 Å². The molecule has 4 heterocycles. The average Bonchev–Trinajstić information content (AvgIpc) is 3.33. The zero-order chi connectivity index (χ0) is 30.2. The second kappa shape index (κ2) is 11.4. The maximum atomic E-state index is 13.2. The van der Waals surface area contributed by atoms with E-state index in [2.05, 4.69) is 24.8 Å². The molecule has 4 rings (SSSR count). The summed E-state index contributed by atoms with van der Waals surface area (Å²) in [5, 5.41) is 25.2. The third kappa shape index (κ3) is 5.98. The van der Waals surface area contributed by atoms with Crippen molar-refractivity contribution < 1.29 is 38.8 Å². The molecular weight excluding hydrogens is 600 g/mol. The van der Waals surface area contributed by atoms with Gasteiger partial charge in [-0.3, -0.25) is 14.5 Å². The van der Waals surface area contributed by atoms with E-state index in [0.717, 1.165) is 16.4 Å². The van der Waals surface area contributed by atoms with Crippen molar-refractivity contribution >= 4 is 81.3 Å². The molecular formula is C21H25N10O7S3+. The van der Waals surface area contributed by atoms with E-state index >= 15 is 0 Å². The predicted molar refractivity (Wildman–Crippen MR) is 148 cm³/mol. The normalized spacial score (nSPS) is 19.0. The van der Waals surface area contributed by atoms with E-state index in [1.807, 2.05) is 0 Å². The molecule has 2 unspecified atom stereocenters. The number of carbonyl (C=O) groups excluding carboxylic acids is 2. The van der Waals surface area contributed by atoms with Crippen molar-refractivity contribution in [3.05, 3.63) is 23.2 Å². The van der Waals surface area contributed by atoms with Gasteiger partial charge in [0.1, 0.15) is 17.1 Å². The van der Waals surface area contributed by atoms with Gasteiger partial charge in [-0.1, -0.05) is 10.1 Å². The van der Waals surface area contributed by atoms with E-state index in [1.165, 1.54) is 43.4 Å². The first kappa shape index (κ1) is 29.8. The summed E-state index contributed by atoms with van der Waals surface area (Å²) in [6, 6.07) is 0.382. The summed E-state index contributed by atoms with van der Waals surface area (Å²) in [6.07, 6.45) is 0. The summed E-state index contributed by atoms with van der Waals surface area (Å²) >= 11 is 3.23. The highest BCUT2D eigenvalue weighted by Gasteiger charge is 2.54. The first-order valence-electron chi connectivity index (χ1n) is 11.6. The molecule has 218 valence electrons. The number of anilines is 3. The van der Waals surface area contributed by atoms with Crippen LogP contribution in [0.1, 0.15) is 19.7 Å². The topological polar surface area (TPSA) is 266 Å². The molecule has 20 heteroatoms. The minimum absolute atomic E-state index is 0.0121. The molecule has 0 saturated carbocycles. The van der Waals surface area contributed by atoms with Crippen LogP contribution >= 0.6 is 35.1 Å². The highest BCUT2D eigenvalue weighted by molar-refractivity contribution is 8.01. The monoisotopic (exact) mass is 625 g/mol. The standard InChI is InChI=1S/C21H24N10O7S3/c1-21(2,18(36)37)38-28-10(13-27-19(24)41-29-13)14(32)26-11-15(33)31-12(17(34)35)7(5-39-16(11)31)6-40-20-25-8(22)4-9(23)30(20)3/h4,11,16H,5-6H2,1-3H3,(H8,22,23,24,26,27,29,32,34,35,36,37)/p+1/b28-10-. The molecule has 0 aliphatic carbocycles. The predicted octanol–water partition coefficient (Wildman–Crippen LogP) is -1.38. The number of hydrogen-bond donors (Lipinski definition) is 6. The Morgan fingerprint density at radius 1 is 1.29 bits per heavy atom. The lowest BCUT2D eigenvalue weighted by Crippen LogP contribution is -2.71. The van der Waals surface area contributed by atoms with Gasteiger partial charge >= 0.3 is 17.1 Å². The number of hydrogen-bond acceptors (Lipinski definition) is 15. The van der Waals surface area contributed by atoms with Crippen LogP contribution in [0.4, 0.5) is 16.8 Å². The lowest BCUT2D eigenvalue weighted by molar-refractivity contribution is -0.698.